The van der Waals surface area contributed by atoms with Gasteiger partial charge < -0.3 is 10.2 Å². The Morgan fingerprint density at radius 2 is 2.00 bits per heavy atom. The van der Waals surface area contributed by atoms with Crippen molar-refractivity contribution in [1.29, 1.82) is 0 Å². The van der Waals surface area contributed by atoms with Gasteiger partial charge in [0.25, 0.3) is 0 Å². The highest BCUT2D eigenvalue weighted by atomic mass is 15.2. The summed E-state index contributed by atoms with van der Waals surface area (Å²) in [5.41, 5.74) is 2.67. The lowest BCUT2D eigenvalue weighted by Crippen LogP contribution is -2.40. The van der Waals surface area contributed by atoms with Crippen LogP contribution in [0.3, 0.4) is 0 Å². The molecule has 0 spiro atoms. The standard InChI is InChI=1S/C17H30N2/c1-5-7-8-12-18-14-16(4)19(6-2)17-11-9-10-15(3)13-17/h9-11,13,16,18H,5-8,12,14H2,1-4H3. The predicted octanol–water partition coefficient (Wildman–Crippen LogP) is 3.99. The maximum absolute atomic E-state index is 3.58. The van der Waals surface area contributed by atoms with E-state index < -0.39 is 0 Å². The van der Waals surface area contributed by atoms with Crippen molar-refractivity contribution in [2.24, 2.45) is 0 Å². The summed E-state index contributed by atoms with van der Waals surface area (Å²) in [5, 5.41) is 3.58. The molecule has 19 heavy (non-hydrogen) atoms. The fraction of sp³-hybridized carbons (Fsp3) is 0.647. The van der Waals surface area contributed by atoms with Crippen LogP contribution in [-0.4, -0.2) is 25.7 Å². The molecule has 0 amide bonds. The molecule has 0 heterocycles. The number of likely N-dealkylation sites (N-methyl/N-ethyl adjacent to an activating group) is 1. The van der Waals surface area contributed by atoms with Gasteiger partial charge in [0.15, 0.2) is 0 Å². The van der Waals surface area contributed by atoms with E-state index in [0.717, 1.165) is 19.6 Å². The maximum Gasteiger partial charge on any atom is 0.0386 e. The van der Waals surface area contributed by atoms with Crippen molar-refractivity contribution in [2.75, 3.05) is 24.5 Å². The second-order valence-corrected chi connectivity index (χ2v) is 5.39. The highest BCUT2D eigenvalue weighted by molar-refractivity contribution is 5.49. The summed E-state index contributed by atoms with van der Waals surface area (Å²) < 4.78 is 0. The number of hydrogen-bond donors (Lipinski definition) is 1. The third kappa shape index (κ3) is 5.65. The van der Waals surface area contributed by atoms with Gasteiger partial charge in [-0.3, -0.25) is 0 Å². The average Bonchev–Trinajstić information content (AvgIpc) is 2.39. The van der Waals surface area contributed by atoms with Gasteiger partial charge in [-0.25, -0.2) is 0 Å². The smallest absolute Gasteiger partial charge is 0.0386 e. The molecule has 0 aliphatic heterocycles. The summed E-state index contributed by atoms with van der Waals surface area (Å²) in [6.07, 6.45) is 3.91. The molecule has 2 heteroatoms. The molecule has 0 aliphatic rings. The van der Waals surface area contributed by atoms with E-state index in [1.165, 1.54) is 30.5 Å². The molecule has 1 aromatic rings. The Hall–Kier alpha value is -1.02. The Kier molecular flexibility index (Phi) is 7.57. The normalized spacial score (nSPS) is 12.4. The zero-order valence-corrected chi connectivity index (χ0v) is 13.1. The van der Waals surface area contributed by atoms with Crippen LogP contribution in [0, 0.1) is 6.92 Å². The van der Waals surface area contributed by atoms with Crippen LogP contribution in [-0.2, 0) is 0 Å². The summed E-state index contributed by atoms with van der Waals surface area (Å²) in [4.78, 5) is 2.47. The fourth-order valence-corrected chi connectivity index (χ4v) is 2.48. The maximum atomic E-state index is 3.58. The number of nitrogens with zero attached hydrogens (tertiary/aromatic N) is 1. The number of nitrogens with one attached hydrogen (secondary N) is 1. The SMILES string of the molecule is CCCCCNCC(C)N(CC)c1cccc(C)c1. The quantitative estimate of drug-likeness (QED) is 0.677. The van der Waals surface area contributed by atoms with E-state index in [1.54, 1.807) is 0 Å². The molecular formula is C17H30N2. The molecular weight excluding hydrogens is 232 g/mol. The minimum atomic E-state index is 0.536. The first kappa shape index (κ1) is 16.0. The molecule has 1 rings (SSSR count). The minimum Gasteiger partial charge on any atom is -0.368 e. The van der Waals surface area contributed by atoms with Crippen molar-refractivity contribution < 1.29 is 0 Å². The van der Waals surface area contributed by atoms with Gasteiger partial charge in [0.1, 0.15) is 0 Å². The highest BCUT2D eigenvalue weighted by Crippen LogP contribution is 2.18. The summed E-state index contributed by atoms with van der Waals surface area (Å²) in [7, 11) is 0. The number of anilines is 1. The topological polar surface area (TPSA) is 15.3 Å². The van der Waals surface area contributed by atoms with Crippen molar-refractivity contribution >= 4 is 5.69 Å². The van der Waals surface area contributed by atoms with Crippen molar-refractivity contribution in [1.82, 2.24) is 5.32 Å². The van der Waals surface area contributed by atoms with Gasteiger partial charge in [-0.05, 0) is 51.4 Å². The average molecular weight is 262 g/mol. The summed E-state index contributed by atoms with van der Waals surface area (Å²) in [5.74, 6) is 0. The van der Waals surface area contributed by atoms with Gasteiger partial charge in [-0.15, -0.1) is 0 Å². The molecule has 0 saturated carbocycles. The van der Waals surface area contributed by atoms with Crippen LogP contribution >= 0.6 is 0 Å². The fourth-order valence-electron chi connectivity index (χ4n) is 2.48. The Morgan fingerprint density at radius 3 is 2.63 bits per heavy atom. The first-order chi connectivity index (χ1) is 9.19. The molecule has 1 N–H and O–H groups in total. The molecule has 0 fully saturated rings. The van der Waals surface area contributed by atoms with Gasteiger partial charge in [0.2, 0.25) is 0 Å². The molecule has 2 nitrogen and oxygen atoms in total. The van der Waals surface area contributed by atoms with Crippen LogP contribution < -0.4 is 10.2 Å². The van der Waals surface area contributed by atoms with E-state index in [0.29, 0.717) is 6.04 Å². The van der Waals surface area contributed by atoms with E-state index in [2.05, 4.69) is 62.2 Å². The van der Waals surface area contributed by atoms with Crippen molar-refractivity contribution in [2.45, 2.75) is 53.0 Å². The number of hydrogen-bond acceptors (Lipinski definition) is 2. The Labute approximate surface area is 119 Å². The van der Waals surface area contributed by atoms with Crippen LogP contribution in [0.15, 0.2) is 24.3 Å². The Morgan fingerprint density at radius 1 is 1.21 bits per heavy atom. The number of unbranched alkanes of at least 4 members (excludes halogenated alkanes) is 2. The van der Waals surface area contributed by atoms with Crippen molar-refractivity contribution in [3.05, 3.63) is 29.8 Å². The van der Waals surface area contributed by atoms with Gasteiger partial charge >= 0.3 is 0 Å². The lowest BCUT2D eigenvalue weighted by molar-refractivity contribution is 0.548. The lowest BCUT2D eigenvalue weighted by Gasteiger charge is -2.30. The van der Waals surface area contributed by atoms with E-state index in [4.69, 9.17) is 0 Å². The molecule has 0 saturated heterocycles. The number of aryl methyl sites for hydroxylation is 1. The van der Waals surface area contributed by atoms with Crippen LogP contribution in [0.2, 0.25) is 0 Å². The third-order valence-corrected chi connectivity index (χ3v) is 3.60. The van der Waals surface area contributed by atoms with Crippen LogP contribution in [0.25, 0.3) is 0 Å². The van der Waals surface area contributed by atoms with E-state index in [1.807, 2.05) is 0 Å². The van der Waals surface area contributed by atoms with Gasteiger partial charge in [0.05, 0.1) is 0 Å². The minimum absolute atomic E-state index is 0.536. The van der Waals surface area contributed by atoms with Crippen molar-refractivity contribution in [3.63, 3.8) is 0 Å². The van der Waals surface area contributed by atoms with E-state index >= 15 is 0 Å². The van der Waals surface area contributed by atoms with Crippen LogP contribution in [0.1, 0.15) is 45.6 Å². The second-order valence-electron chi connectivity index (χ2n) is 5.39. The molecule has 1 unspecified atom stereocenters. The molecule has 1 atom stereocenters. The zero-order valence-electron chi connectivity index (χ0n) is 13.1. The monoisotopic (exact) mass is 262 g/mol. The summed E-state index contributed by atoms with van der Waals surface area (Å²) >= 11 is 0. The molecule has 0 aromatic heterocycles. The van der Waals surface area contributed by atoms with Gasteiger partial charge in [-0.2, -0.15) is 0 Å². The molecule has 1 aromatic carbocycles. The van der Waals surface area contributed by atoms with Gasteiger partial charge in [-0.1, -0.05) is 31.9 Å². The van der Waals surface area contributed by atoms with E-state index in [9.17, 15) is 0 Å². The first-order valence-electron chi connectivity index (χ1n) is 7.73. The largest absolute Gasteiger partial charge is 0.368 e. The second kappa shape index (κ2) is 8.98. The van der Waals surface area contributed by atoms with Crippen molar-refractivity contribution in [3.8, 4) is 0 Å². The molecule has 108 valence electrons. The summed E-state index contributed by atoms with van der Waals surface area (Å²) in [6, 6.07) is 9.33. The first-order valence-corrected chi connectivity index (χ1v) is 7.73. The van der Waals surface area contributed by atoms with Crippen LogP contribution in [0.5, 0.6) is 0 Å². The number of benzene rings is 1. The zero-order chi connectivity index (χ0) is 14.1. The molecule has 0 bridgehead atoms. The molecule has 0 aliphatic carbocycles. The number of rotatable bonds is 9. The summed E-state index contributed by atoms with van der Waals surface area (Å²) in [6.45, 7) is 12.2. The Bertz CT molecular complexity index is 349. The molecule has 0 radical (unpaired) electrons. The Balaban J connectivity index is 2.45. The predicted molar refractivity (Wildman–Crippen MR) is 86.1 cm³/mol. The lowest BCUT2D eigenvalue weighted by atomic mass is 10.1. The van der Waals surface area contributed by atoms with Gasteiger partial charge in [0, 0.05) is 24.8 Å². The van der Waals surface area contributed by atoms with Crippen LogP contribution in [0.4, 0.5) is 5.69 Å². The highest BCUT2D eigenvalue weighted by Gasteiger charge is 2.12. The van der Waals surface area contributed by atoms with E-state index in [-0.39, 0.29) is 0 Å². The third-order valence-electron chi connectivity index (χ3n) is 3.60.